The van der Waals surface area contributed by atoms with Crippen LogP contribution in [0.1, 0.15) is 27.7 Å². The van der Waals surface area contributed by atoms with Crippen molar-refractivity contribution in [1.29, 1.82) is 0 Å². The van der Waals surface area contributed by atoms with E-state index in [4.69, 9.17) is 20.9 Å². The van der Waals surface area contributed by atoms with Crippen LogP contribution in [-0.2, 0) is 18.6 Å². The van der Waals surface area contributed by atoms with Crippen molar-refractivity contribution in [3.63, 3.8) is 0 Å². The molecule has 16 heavy (non-hydrogen) atoms. The number of ether oxygens (including phenoxy) is 1. The molecule has 0 rings (SSSR count). The summed E-state index contributed by atoms with van der Waals surface area (Å²) in [5, 5.41) is 1.30. The minimum absolute atomic E-state index is 0.211. The largest absolute Gasteiger partial charge is 0.461 e. The molecule has 0 aromatic rings. The minimum atomic E-state index is -3.38. The Hall–Kier alpha value is -0.0900. The molecule has 2 unspecified atom stereocenters. The Bertz CT molecular complexity index is 262. The van der Waals surface area contributed by atoms with Gasteiger partial charge in [-0.25, -0.2) is 9.88 Å². The Morgan fingerprint density at radius 3 is 2.38 bits per heavy atom. The van der Waals surface area contributed by atoms with Crippen molar-refractivity contribution in [2.24, 2.45) is 0 Å². The van der Waals surface area contributed by atoms with E-state index in [9.17, 15) is 9.36 Å². The van der Waals surface area contributed by atoms with Crippen molar-refractivity contribution in [2.75, 3.05) is 13.2 Å². The van der Waals surface area contributed by atoms with Gasteiger partial charge in [0.1, 0.15) is 0 Å². The Kier molecular flexibility index (Phi) is 7.24. The van der Waals surface area contributed by atoms with Crippen LogP contribution in [0.25, 0.3) is 0 Å². The van der Waals surface area contributed by atoms with Gasteiger partial charge in [0.05, 0.1) is 12.7 Å². The van der Waals surface area contributed by atoms with Crippen LogP contribution in [0.2, 0.25) is 0 Å². The monoisotopic (exact) mass is 271 g/mol. The highest BCUT2D eigenvalue weighted by molar-refractivity contribution is 7.60. The van der Waals surface area contributed by atoms with Crippen LogP contribution < -0.4 is 5.09 Å². The molecule has 0 fully saturated rings. The first kappa shape index (κ1) is 15.9. The Labute approximate surface area is 101 Å². The summed E-state index contributed by atoms with van der Waals surface area (Å²) in [5.74, 6) is -0.727. The molecule has 2 atom stereocenters. The van der Waals surface area contributed by atoms with Crippen molar-refractivity contribution < 1.29 is 18.6 Å². The van der Waals surface area contributed by atoms with E-state index < -0.39 is 18.6 Å². The molecule has 96 valence electrons. The molecule has 5 nitrogen and oxygen atoms in total. The summed E-state index contributed by atoms with van der Waals surface area (Å²) < 4.78 is 22.1. The number of hydrogen-bond acceptors (Lipinski definition) is 4. The molecule has 0 amide bonds. The number of alkyl halides is 1. The zero-order chi connectivity index (χ0) is 12.8. The van der Waals surface area contributed by atoms with Crippen LogP contribution in [0.15, 0.2) is 0 Å². The third-order valence-electron chi connectivity index (χ3n) is 1.54. The zero-order valence-electron chi connectivity index (χ0n) is 10.0. The van der Waals surface area contributed by atoms with Crippen LogP contribution in [0.3, 0.4) is 0 Å². The van der Waals surface area contributed by atoms with Gasteiger partial charge in [0.25, 0.3) is 7.52 Å². The smallest absolute Gasteiger partial charge is 0.335 e. The summed E-state index contributed by atoms with van der Waals surface area (Å²) in [6.07, 6.45) is -0.301. The lowest BCUT2D eigenvalue weighted by atomic mass is 10.5. The third kappa shape index (κ3) is 4.83. The van der Waals surface area contributed by atoms with Crippen LogP contribution >= 0.6 is 19.1 Å². The molecule has 0 saturated heterocycles. The number of nitrogens with one attached hydrogen (secondary N) is 1. The predicted octanol–water partition coefficient (Wildman–Crippen LogP) is 2.34. The van der Waals surface area contributed by atoms with Gasteiger partial charge in [-0.3, -0.25) is 4.57 Å². The Morgan fingerprint density at radius 1 is 1.44 bits per heavy atom. The van der Waals surface area contributed by atoms with E-state index >= 15 is 0 Å². The van der Waals surface area contributed by atoms with E-state index in [2.05, 4.69) is 5.09 Å². The normalized spacial score (nSPS) is 16.9. The van der Waals surface area contributed by atoms with Crippen LogP contribution in [0, 0.1) is 0 Å². The number of rotatable bonds is 7. The van der Waals surface area contributed by atoms with E-state index in [1.807, 2.05) is 0 Å². The molecule has 7 heteroatoms. The fourth-order valence-corrected chi connectivity index (χ4v) is 3.00. The summed E-state index contributed by atoms with van der Waals surface area (Å²) >= 11 is 5.81. The fraction of sp³-hybridized carbons (Fsp3) is 0.889. The SMILES string of the molecule is CCNP(=O)(OCC)C(Cl)C(=O)OC(C)C. The van der Waals surface area contributed by atoms with Crippen molar-refractivity contribution in [3.8, 4) is 0 Å². The van der Waals surface area contributed by atoms with Gasteiger partial charge < -0.3 is 9.26 Å². The molecular weight excluding hydrogens is 253 g/mol. The van der Waals surface area contributed by atoms with Gasteiger partial charge in [0, 0.05) is 6.54 Å². The molecule has 0 aliphatic rings. The van der Waals surface area contributed by atoms with E-state index in [-0.39, 0.29) is 12.7 Å². The molecule has 0 radical (unpaired) electrons. The van der Waals surface area contributed by atoms with Crippen molar-refractivity contribution >= 4 is 25.1 Å². The maximum atomic E-state index is 12.2. The number of carbonyl (C=O) groups excluding carboxylic acids is 1. The first-order valence-electron chi connectivity index (χ1n) is 5.21. The first-order chi connectivity index (χ1) is 7.37. The summed E-state index contributed by atoms with van der Waals surface area (Å²) in [5.41, 5.74) is 0. The molecule has 0 aromatic carbocycles. The van der Waals surface area contributed by atoms with Gasteiger partial charge >= 0.3 is 5.97 Å². The number of esters is 1. The lowest BCUT2D eigenvalue weighted by Crippen LogP contribution is -2.28. The molecule has 0 spiro atoms. The lowest BCUT2D eigenvalue weighted by molar-refractivity contribution is -0.145. The van der Waals surface area contributed by atoms with Gasteiger partial charge in [-0.2, -0.15) is 0 Å². The standard InChI is InChI=1S/C9H19ClNO4P/c1-5-11-16(13,14-6-2)8(10)9(12)15-7(3)4/h7-8H,5-6H2,1-4H3,(H,11,13). The summed E-state index contributed by atoms with van der Waals surface area (Å²) in [6.45, 7) is 7.43. The zero-order valence-corrected chi connectivity index (χ0v) is 11.7. The highest BCUT2D eigenvalue weighted by Gasteiger charge is 2.39. The van der Waals surface area contributed by atoms with E-state index in [0.29, 0.717) is 6.54 Å². The predicted molar refractivity (Wildman–Crippen MR) is 63.8 cm³/mol. The van der Waals surface area contributed by atoms with Gasteiger partial charge in [-0.05, 0) is 20.8 Å². The quantitative estimate of drug-likeness (QED) is 0.437. The molecule has 0 aliphatic heterocycles. The van der Waals surface area contributed by atoms with Crippen LogP contribution in [0.4, 0.5) is 0 Å². The topological polar surface area (TPSA) is 64.6 Å². The average Bonchev–Trinajstić information content (AvgIpc) is 2.16. The van der Waals surface area contributed by atoms with Gasteiger partial charge in [-0.15, -0.1) is 0 Å². The van der Waals surface area contributed by atoms with Gasteiger partial charge in [0.15, 0.2) is 0 Å². The van der Waals surface area contributed by atoms with Crippen LogP contribution in [0.5, 0.6) is 0 Å². The highest BCUT2D eigenvalue weighted by Crippen LogP contribution is 2.50. The van der Waals surface area contributed by atoms with Crippen LogP contribution in [-0.4, -0.2) is 30.3 Å². The summed E-state index contributed by atoms with van der Waals surface area (Å²) in [4.78, 5) is 11.5. The number of halogens is 1. The van der Waals surface area contributed by atoms with Crippen molar-refractivity contribution in [3.05, 3.63) is 0 Å². The van der Waals surface area contributed by atoms with Gasteiger partial charge in [0.2, 0.25) is 5.12 Å². The molecular formula is C9H19ClNO4P. The Morgan fingerprint density at radius 2 is 2.00 bits per heavy atom. The number of hydrogen-bond donors (Lipinski definition) is 1. The second kappa shape index (κ2) is 7.28. The van der Waals surface area contributed by atoms with E-state index in [0.717, 1.165) is 0 Å². The maximum absolute atomic E-state index is 12.2. The van der Waals surface area contributed by atoms with E-state index in [1.54, 1.807) is 27.7 Å². The lowest BCUT2D eigenvalue weighted by Gasteiger charge is -2.22. The fourth-order valence-electron chi connectivity index (χ4n) is 1.03. The summed E-state index contributed by atoms with van der Waals surface area (Å²) in [7, 11) is -3.38. The molecule has 0 bridgehead atoms. The molecule has 0 aromatic heterocycles. The maximum Gasteiger partial charge on any atom is 0.335 e. The van der Waals surface area contributed by atoms with Crippen molar-refractivity contribution in [2.45, 2.75) is 38.9 Å². The molecule has 0 heterocycles. The second-order valence-electron chi connectivity index (χ2n) is 3.35. The highest BCUT2D eigenvalue weighted by atomic mass is 35.5. The van der Waals surface area contributed by atoms with Gasteiger partial charge in [-0.1, -0.05) is 18.5 Å². The molecule has 0 aliphatic carbocycles. The summed E-state index contributed by atoms with van der Waals surface area (Å²) in [6, 6.07) is 0. The molecule has 1 N–H and O–H groups in total. The minimum Gasteiger partial charge on any atom is -0.461 e. The third-order valence-corrected chi connectivity index (χ3v) is 4.70. The number of carbonyl (C=O) groups is 1. The molecule has 0 saturated carbocycles. The van der Waals surface area contributed by atoms with E-state index in [1.165, 1.54) is 0 Å². The second-order valence-corrected chi connectivity index (χ2v) is 6.37. The average molecular weight is 272 g/mol. The Balaban J connectivity index is 4.66. The first-order valence-corrected chi connectivity index (χ1v) is 7.34. The van der Waals surface area contributed by atoms with Crippen molar-refractivity contribution in [1.82, 2.24) is 5.09 Å².